The molecule has 1 heterocycles. The molecule has 1 saturated heterocycles. The van der Waals surface area contributed by atoms with Crippen LogP contribution in [0.2, 0.25) is 0 Å². The highest BCUT2D eigenvalue weighted by Crippen LogP contribution is 2.23. The van der Waals surface area contributed by atoms with E-state index in [-0.39, 0.29) is 12.5 Å². The number of carbonyl (C=O) groups excluding carboxylic acids is 1. The normalized spacial score (nSPS) is 20.1. The number of aliphatic hydroxyl groups excluding tert-OH is 5. The Balaban J connectivity index is 2.25. The molecule has 9 nitrogen and oxygen atoms in total. The van der Waals surface area contributed by atoms with Gasteiger partial charge in [0.15, 0.2) is 6.29 Å². The fourth-order valence-electron chi connectivity index (χ4n) is 8.88. The molecule has 0 radical (unpaired) electrons. The Labute approximate surface area is 394 Å². The molecular formula is C55H105NO8. The van der Waals surface area contributed by atoms with Crippen molar-refractivity contribution in [2.45, 2.75) is 307 Å². The molecule has 64 heavy (non-hydrogen) atoms. The second kappa shape index (κ2) is 45.5. The van der Waals surface area contributed by atoms with Crippen molar-refractivity contribution >= 4 is 5.91 Å². The average Bonchev–Trinajstić information content (AvgIpc) is 3.29. The van der Waals surface area contributed by atoms with Crippen LogP contribution in [0, 0.1) is 0 Å². The molecule has 0 aromatic rings. The van der Waals surface area contributed by atoms with Crippen molar-refractivity contribution in [2.75, 3.05) is 13.2 Å². The van der Waals surface area contributed by atoms with Gasteiger partial charge in [0, 0.05) is 6.42 Å². The predicted molar refractivity (Wildman–Crippen MR) is 267 cm³/mol. The van der Waals surface area contributed by atoms with Crippen molar-refractivity contribution in [1.82, 2.24) is 5.32 Å². The summed E-state index contributed by atoms with van der Waals surface area (Å²) in [6.07, 6.45) is 49.6. The van der Waals surface area contributed by atoms with Crippen molar-refractivity contribution in [3.63, 3.8) is 0 Å². The molecule has 0 spiro atoms. The van der Waals surface area contributed by atoms with Crippen molar-refractivity contribution in [3.8, 4) is 0 Å². The number of hydrogen-bond acceptors (Lipinski definition) is 8. The summed E-state index contributed by atoms with van der Waals surface area (Å²) >= 11 is 0. The maximum absolute atomic E-state index is 13.0. The molecule has 0 aromatic heterocycles. The first-order valence-corrected chi connectivity index (χ1v) is 27.6. The van der Waals surface area contributed by atoms with Crippen LogP contribution in [0.25, 0.3) is 0 Å². The van der Waals surface area contributed by atoms with Crippen LogP contribution in [0.15, 0.2) is 24.3 Å². The molecule has 7 atom stereocenters. The van der Waals surface area contributed by atoms with Crippen LogP contribution in [-0.4, -0.2) is 87.5 Å². The third-order valence-corrected chi connectivity index (χ3v) is 13.3. The Kier molecular flexibility index (Phi) is 43.1. The van der Waals surface area contributed by atoms with Crippen LogP contribution >= 0.6 is 0 Å². The molecule has 0 saturated carbocycles. The van der Waals surface area contributed by atoms with E-state index in [4.69, 9.17) is 9.47 Å². The highest BCUT2D eigenvalue weighted by molar-refractivity contribution is 5.76. The molecule has 7 unspecified atom stereocenters. The van der Waals surface area contributed by atoms with Gasteiger partial charge in [-0.1, -0.05) is 250 Å². The highest BCUT2D eigenvalue weighted by atomic mass is 16.7. The third-order valence-electron chi connectivity index (χ3n) is 13.3. The standard InChI is InChI=1S/C55H105NO8/c1-3-5-7-9-11-13-15-17-19-20-21-22-23-24-25-26-27-28-29-31-32-34-36-38-40-42-44-49(58)48(47-63-55-54(62)53(61)52(60)50(46-57)64-55)56-51(59)45-43-41-39-37-35-33-30-18-16-14-12-10-8-6-4-2/h34,36,42,44,48-50,52-55,57-58,60-62H,3-33,35,37-41,43,45-47H2,1-2H3,(H,56,59)/b36-34+,44-42+. The topological polar surface area (TPSA) is 149 Å². The lowest BCUT2D eigenvalue weighted by molar-refractivity contribution is -0.302. The van der Waals surface area contributed by atoms with Gasteiger partial charge in [-0.05, 0) is 32.1 Å². The molecule has 9 heteroatoms. The molecule has 0 bridgehead atoms. The summed E-state index contributed by atoms with van der Waals surface area (Å²) in [5.74, 6) is -0.183. The lowest BCUT2D eigenvalue weighted by atomic mass is 9.99. The lowest BCUT2D eigenvalue weighted by Gasteiger charge is -2.40. The first-order chi connectivity index (χ1) is 31.3. The molecule has 1 fully saturated rings. The molecular weight excluding hydrogens is 803 g/mol. The minimum atomic E-state index is -1.57. The molecule has 1 rings (SSSR count). The van der Waals surface area contributed by atoms with Gasteiger partial charge in [0.05, 0.1) is 25.4 Å². The zero-order valence-electron chi connectivity index (χ0n) is 41.8. The minimum Gasteiger partial charge on any atom is -0.394 e. The Bertz CT molecular complexity index is 1060. The first kappa shape index (κ1) is 60.7. The van der Waals surface area contributed by atoms with E-state index >= 15 is 0 Å². The quantitative estimate of drug-likeness (QED) is 0.0261. The number of amides is 1. The number of rotatable bonds is 47. The van der Waals surface area contributed by atoms with Crippen LogP contribution in [0.4, 0.5) is 0 Å². The monoisotopic (exact) mass is 908 g/mol. The van der Waals surface area contributed by atoms with Gasteiger partial charge >= 0.3 is 0 Å². The highest BCUT2D eigenvalue weighted by Gasteiger charge is 2.44. The maximum atomic E-state index is 13.0. The van der Waals surface area contributed by atoms with E-state index in [9.17, 15) is 30.3 Å². The zero-order valence-corrected chi connectivity index (χ0v) is 41.8. The summed E-state index contributed by atoms with van der Waals surface area (Å²) in [5.41, 5.74) is 0. The number of hydrogen-bond donors (Lipinski definition) is 6. The Morgan fingerprint density at radius 1 is 0.516 bits per heavy atom. The molecule has 0 aromatic carbocycles. The van der Waals surface area contributed by atoms with Gasteiger partial charge in [-0.2, -0.15) is 0 Å². The van der Waals surface area contributed by atoms with Crippen LogP contribution in [0.1, 0.15) is 264 Å². The second-order valence-electron chi connectivity index (χ2n) is 19.4. The molecule has 1 amide bonds. The van der Waals surface area contributed by atoms with Gasteiger partial charge in [-0.25, -0.2) is 0 Å². The van der Waals surface area contributed by atoms with E-state index in [1.54, 1.807) is 6.08 Å². The first-order valence-electron chi connectivity index (χ1n) is 27.6. The van der Waals surface area contributed by atoms with Crippen LogP contribution in [-0.2, 0) is 14.3 Å². The fourth-order valence-corrected chi connectivity index (χ4v) is 8.88. The molecule has 6 N–H and O–H groups in total. The summed E-state index contributed by atoms with van der Waals surface area (Å²) in [5, 5.41) is 54.4. The number of aliphatic hydroxyl groups is 5. The third kappa shape index (κ3) is 34.9. The summed E-state index contributed by atoms with van der Waals surface area (Å²) in [6.45, 7) is 3.79. The summed E-state index contributed by atoms with van der Waals surface area (Å²) in [7, 11) is 0. The molecule has 1 aliphatic rings. The summed E-state index contributed by atoms with van der Waals surface area (Å²) < 4.78 is 11.2. The van der Waals surface area contributed by atoms with E-state index in [0.717, 1.165) is 38.5 Å². The number of unbranched alkanes of at least 4 members (excludes halogenated alkanes) is 35. The molecule has 378 valence electrons. The van der Waals surface area contributed by atoms with Crippen LogP contribution in [0.5, 0.6) is 0 Å². The Hall–Kier alpha value is -1.33. The number of ether oxygens (including phenoxy) is 2. The molecule has 1 aliphatic heterocycles. The van der Waals surface area contributed by atoms with Crippen molar-refractivity contribution in [3.05, 3.63) is 24.3 Å². The van der Waals surface area contributed by atoms with E-state index in [1.807, 2.05) is 6.08 Å². The van der Waals surface area contributed by atoms with Crippen molar-refractivity contribution in [1.29, 1.82) is 0 Å². The van der Waals surface area contributed by atoms with Gasteiger partial charge in [-0.15, -0.1) is 0 Å². The maximum Gasteiger partial charge on any atom is 0.220 e. The largest absolute Gasteiger partial charge is 0.394 e. The van der Waals surface area contributed by atoms with Gasteiger partial charge in [0.1, 0.15) is 24.4 Å². The number of carbonyl (C=O) groups is 1. The Morgan fingerprint density at radius 3 is 1.31 bits per heavy atom. The van der Waals surface area contributed by atoms with Gasteiger partial charge in [0.2, 0.25) is 5.91 Å². The van der Waals surface area contributed by atoms with Crippen LogP contribution in [0.3, 0.4) is 0 Å². The molecule has 0 aliphatic carbocycles. The average molecular weight is 908 g/mol. The summed E-state index contributed by atoms with van der Waals surface area (Å²) in [4.78, 5) is 13.0. The van der Waals surface area contributed by atoms with E-state index < -0.39 is 49.5 Å². The lowest BCUT2D eigenvalue weighted by Crippen LogP contribution is -2.60. The minimum absolute atomic E-state index is 0.183. The fraction of sp³-hybridized carbons (Fsp3) is 0.909. The van der Waals surface area contributed by atoms with Crippen LogP contribution < -0.4 is 5.32 Å². The van der Waals surface area contributed by atoms with Gasteiger partial charge in [0.25, 0.3) is 0 Å². The van der Waals surface area contributed by atoms with Gasteiger partial charge in [-0.3, -0.25) is 4.79 Å². The number of allylic oxidation sites excluding steroid dienone is 3. The van der Waals surface area contributed by atoms with Gasteiger partial charge < -0.3 is 40.3 Å². The van der Waals surface area contributed by atoms with E-state index in [0.29, 0.717) is 6.42 Å². The predicted octanol–water partition coefficient (Wildman–Crippen LogP) is 13.0. The van der Waals surface area contributed by atoms with Crippen molar-refractivity contribution < 1.29 is 39.8 Å². The SMILES string of the molecule is CCCCCCCCCCCCCCCCCCCCCC/C=C/CC/C=C/C(O)C(COC1OC(CO)C(O)C(O)C1O)NC(=O)CCCCCCCCCCCCCCCCC. The van der Waals surface area contributed by atoms with E-state index in [1.165, 1.54) is 205 Å². The van der Waals surface area contributed by atoms with Crippen molar-refractivity contribution in [2.24, 2.45) is 0 Å². The number of nitrogens with one attached hydrogen (secondary N) is 1. The second-order valence-corrected chi connectivity index (χ2v) is 19.4. The van der Waals surface area contributed by atoms with E-state index in [2.05, 4.69) is 31.3 Å². The smallest absolute Gasteiger partial charge is 0.220 e. The summed E-state index contributed by atoms with van der Waals surface area (Å²) in [6, 6.07) is -0.817. The zero-order chi connectivity index (χ0) is 46.6. The Morgan fingerprint density at radius 2 is 0.891 bits per heavy atom.